The van der Waals surface area contributed by atoms with Crippen LogP contribution in [0.5, 0.6) is 0 Å². The summed E-state index contributed by atoms with van der Waals surface area (Å²) in [4.78, 5) is 11.9. The summed E-state index contributed by atoms with van der Waals surface area (Å²) in [7, 11) is 1.70. The van der Waals surface area contributed by atoms with Gasteiger partial charge in [0.25, 0.3) is 5.91 Å². The van der Waals surface area contributed by atoms with Gasteiger partial charge in [0.15, 0.2) is 5.84 Å². The summed E-state index contributed by atoms with van der Waals surface area (Å²) >= 11 is 0. The summed E-state index contributed by atoms with van der Waals surface area (Å²) in [6.45, 7) is 3.59. The third kappa shape index (κ3) is 2.96. The Morgan fingerprint density at radius 2 is 2.41 bits per heavy atom. The van der Waals surface area contributed by atoms with Crippen molar-refractivity contribution in [3.05, 3.63) is 17.5 Å². The summed E-state index contributed by atoms with van der Waals surface area (Å²) in [5.74, 6) is -0.352. The van der Waals surface area contributed by atoms with Crippen molar-refractivity contribution in [2.24, 2.45) is 17.9 Å². The van der Waals surface area contributed by atoms with Crippen molar-refractivity contribution < 1.29 is 10.0 Å². The first-order chi connectivity index (χ1) is 7.99. The summed E-state index contributed by atoms with van der Waals surface area (Å²) in [6, 6.07) is 1.18. The maximum atomic E-state index is 11.9. The van der Waals surface area contributed by atoms with Crippen molar-refractivity contribution in [1.82, 2.24) is 15.1 Å². The highest BCUT2D eigenvalue weighted by Crippen LogP contribution is 2.04. The van der Waals surface area contributed by atoms with E-state index in [2.05, 4.69) is 15.6 Å². The normalized spacial score (nSPS) is 13.5. The molecule has 1 amide bonds. The molecule has 4 N–H and O–H groups in total. The van der Waals surface area contributed by atoms with Gasteiger partial charge in [-0.3, -0.25) is 9.48 Å². The molecule has 94 valence electrons. The number of aryl methyl sites for hydroxylation is 2. The minimum Gasteiger partial charge on any atom is -0.409 e. The van der Waals surface area contributed by atoms with Gasteiger partial charge in [-0.05, 0) is 19.4 Å². The van der Waals surface area contributed by atoms with E-state index in [-0.39, 0.29) is 11.7 Å². The Morgan fingerprint density at radius 3 is 2.88 bits per heavy atom. The number of oxime groups is 1. The third-order valence-corrected chi connectivity index (χ3v) is 2.43. The van der Waals surface area contributed by atoms with E-state index in [9.17, 15) is 4.79 Å². The molecule has 0 fully saturated rings. The molecule has 7 nitrogen and oxygen atoms in total. The van der Waals surface area contributed by atoms with Crippen LogP contribution in [0.25, 0.3) is 0 Å². The Bertz CT molecular complexity index is 438. The molecule has 0 aliphatic rings. The van der Waals surface area contributed by atoms with Crippen LogP contribution in [0.15, 0.2) is 11.2 Å². The number of hydrogen-bond donors (Lipinski definition) is 3. The molecule has 1 atom stereocenters. The molecule has 0 aromatic carbocycles. The molecule has 0 aliphatic heterocycles. The molecule has 17 heavy (non-hydrogen) atoms. The number of hydrogen-bond acceptors (Lipinski definition) is 4. The van der Waals surface area contributed by atoms with Crippen LogP contribution in [-0.4, -0.2) is 32.8 Å². The summed E-state index contributed by atoms with van der Waals surface area (Å²) < 4.78 is 1.51. The van der Waals surface area contributed by atoms with Gasteiger partial charge in [0.2, 0.25) is 0 Å². The number of nitrogens with two attached hydrogens (primary N) is 1. The summed E-state index contributed by atoms with van der Waals surface area (Å²) in [5.41, 5.74) is 6.66. The van der Waals surface area contributed by atoms with Crippen LogP contribution in [0.2, 0.25) is 0 Å². The molecule has 7 heteroatoms. The fourth-order valence-electron chi connectivity index (χ4n) is 1.34. The maximum Gasteiger partial charge on any atom is 0.270 e. The van der Waals surface area contributed by atoms with Crippen molar-refractivity contribution in [2.45, 2.75) is 26.3 Å². The Kier molecular flexibility index (Phi) is 4.08. The number of carbonyl (C=O) groups excluding carboxylic acids is 1. The van der Waals surface area contributed by atoms with Gasteiger partial charge in [-0.25, -0.2) is 0 Å². The zero-order valence-electron chi connectivity index (χ0n) is 10.1. The summed E-state index contributed by atoms with van der Waals surface area (Å²) in [6.07, 6.45) is 0.761. The fraction of sp³-hybridized carbons (Fsp3) is 0.500. The molecule has 1 unspecified atom stereocenters. The minimum atomic E-state index is -0.535. The zero-order valence-corrected chi connectivity index (χ0v) is 10.1. The van der Waals surface area contributed by atoms with Crippen LogP contribution in [0.1, 0.15) is 30.0 Å². The van der Waals surface area contributed by atoms with Crippen molar-refractivity contribution in [3.8, 4) is 0 Å². The third-order valence-electron chi connectivity index (χ3n) is 2.43. The lowest BCUT2D eigenvalue weighted by atomic mass is 10.2. The lowest BCUT2D eigenvalue weighted by Gasteiger charge is -2.11. The number of carbonyl (C=O) groups is 1. The van der Waals surface area contributed by atoms with Gasteiger partial charge >= 0.3 is 0 Å². The molecule has 1 aromatic rings. The van der Waals surface area contributed by atoms with Gasteiger partial charge < -0.3 is 16.3 Å². The predicted octanol–water partition coefficient (Wildman–Crippen LogP) is -0.153. The van der Waals surface area contributed by atoms with E-state index in [4.69, 9.17) is 10.9 Å². The molecule has 1 rings (SSSR count). The van der Waals surface area contributed by atoms with Crippen molar-refractivity contribution in [1.29, 1.82) is 0 Å². The fourth-order valence-corrected chi connectivity index (χ4v) is 1.34. The quantitative estimate of drug-likeness (QED) is 0.294. The molecule has 0 bridgehead atoms. The first kappa shape index (κ1) is 13.0. The van der Waals surface area contributed by atoms with E-state index in [1.807, 2.05) is 6.92 Å². The molecular weight excluding hydrogens is 222 g/mol. The van der Waals surface area contributed by atoms with E-state index in [1.165, 1.54) is 4.68 Å². The number of amidine groups is 1. The Hall–Kier alpha value is -2.05. The Balaban J connectivity index is 2.79. The van der Waals surface area contributed by atoms with E-state index in [0.717, 1.165) is 12.1 Å². The lowest BCUT2D eigenvalue weighted by Crippen LogP contribution is -2.42. The standard InChI is InChI=1S/C10H17N5O2/c1-4-7-5-8(15(3)13-7)10(16)12-6(2)9(11)14-17/h5-6,17H,4H2,1-3H3,(H2,11,14)(H,12,16). The molecular formula is C10H17N5O2. The van der Waals surface area contributed by atoms with Gasteiger partial charge in [-0.1, -0.05) is 12.1 Å². The van der Waals surface area contributed by atoms with Gasteiger partial charge in [0.05, 0.1) is 11.7 Å². The molecule has 0 aliphatic carbocycles. The number of aromatic nitrogens is 2. The van der Waals surface area contributed by atoms with E-state index in [1.54, 1.807) is 20.0 Å². The van der Waals surface area contributed by atoms with Crippen LogP contribution in [0.3, 0.4) is 0 Å². The highest BCUT2D eigenvalue weighted by molar-refractivity contribution is 5.97. The van der Waals surface area contributed by atoms with Gasteiger partial charge in [0, 0.05) is 7.05 Å². The first-order valence-corrected chi connectivity index (χ1v) is 5.30. The Labute approximate surface area is 99.3 Å². The minimum absolute atomic E-state index is 0.0452. The van der Waals surface area contributed by atoms with Crippen LogP contribution in [0, 0.1) is 0 Å². The number of nitrogens with zero attached hydrogens (tertiary/aromatic N) is 3. The zero-order chi connectivity index (χ0) is 13.0. The largest absolute Gasteiger partial charge is 0.409 e. The van der Waals surface area contributed by atoms with Crippen LogP contribution in [0.4, 0.5) is 0 Å². The predicted molar refractivity (Wildman–Crippen MR) is 62.9 cm³/mol. The van der Waals surface area contributed by atoms with Crippen LogP contribution >= 0.6 is 0 Å². The topological polar surface area (TPSA) is 106 Å². The average molecular weight is 239 g/mol. The molecule has 1 heterocycles. The average Bonchev–Trinajstić information content (AvgIpc) is 2.69. The Morgan fingerprint density at radius 1 is 1.76 bits per heavy atom. The molecule has 0 radical (unpaired) electrons. The van der Waals surface area contributed by atoms with Gasteiger partial charge in [0.1, 0.15) is 5.69 Å². The maximum absolute atomic E-state index is 11.9. The van der Waals surface area contributed by atoms with E-state index >= 15 is 0 Å². The smallest absolute Gasteiger partial charge is 0.270 e. The second-order valence-electron chi connectivity index (χ2n) is 3.72. The lowest BCUT2D eigenvalue weighted by molar-refractivity contribution is 0.0939. The molecule has 0 saturated carbocycles. The van der Waals surface area contributed by atoms with Gasteiger partial charge in [-0.15, -0.1) is 0 Å². The van der Waals surface area contributed by atoms with Gasteiger partial charge in [-0.2, -0.15) is 5.10 Å². The van der Waals surface area contributed by atoms with Crippen molar-refractivity contribution >= 4 is 11.7 Å². The molecule has 1 aromatic heterocycles. The molecule has 0 spiro atoms. The SMILES string of the molecule is CCc1cc(C(=O)NC(C)C(N)=NO)n(C)n1. The van der Waals surface area contributed by atoms with Crippen LogP contribution < -0.4 is 11.1 Å². The number of nitrogens with one attached hydrogen (secondary N) is 1. The number of amides is 1. The van der Waals surface area contributed by atoms with Crippen LogP contribution in [-0.2, 0) is 13.5 Å². The second-order valence-corrected chi connectivity index (χ2v) is 3.72. The second kappa shape index (κ2) is 5.33. The molecule has 0 saturated heterocycles. The number of rotatable bonds is 4. The van der Waals surface area contributed by atoms with E-state index < -0.39 is 6.04 Å². The highest BCUT2D eigenvalue weighted by atomic mass is 16.4. The first-order valence-electron chi connectivity index (χ1n) is 5.30. The summed E-state index contributed by atoms with van der Waals surface area (Å²) in [5, 5.41) is 18.1. The van der Waals surface area contributed by atoms with Crippen molar-refractivity contribution in [2.75, 3.05) is 0 Å². The van der Waals surface area contributed by atoms with Crippen molar-refractivity contribution in [3.63, 3.8) is 0 Å². The van der Waals surface area contributed by atoms with E-state index in [0.29, 0.717) is 5.69 Å². The monoisotopic (exact) mass is 239 g/mol. The highest BCUT2D eigenvalue weighted by Gasteiger charge is 2.16.